The van der Waals surface area contributed by atoms with E-state index in [0.717, 1.165) is 57.8 Å². The number of benzene rings is 3. The van der Waals surface area contributed by atoms with Crippen molar-refractivity contribution in [1.82, 2.24) is 30.0 Å². The predicted molar refractivity (Wildman–Crippen MR) is 171 cm³/mol. The van der Waals surface area contributed by atoms with Gasteiger partial charge in [0.05, 0.1) is 19.7 Å². The Balaban J connectivity index is 1.33. The maximum absolute atomic E-state index is 13.4. The van der Waals surface area contributed by atoms with E-state index in [-0.39, 0.29) is 11.9 Å². The van der Waals surface area contributed by atoms with Crippen molar-refractivity contribution in [2.75, 3.05) is 7.11 Å². The third-order valence-corrected chi connectivity index (χ3v) is 7.95. The maximum Gasteiger partial charge on any atom is 0.220 e. The van der Waals surface area contributed by atoms with Crippen LogP contribution in [0, 0.1) is 0 Å². The molecule has 44 heavy (non-hydrogen) atoms. The van der Waals surface area contributed by atoms with Crippen molar-refractivity contribution in [2.45, 2.75) is 44.7 Å². The van der Waals surface area contributed by atoms with E-state index in [0.29, 0.717) is 25.8 Å². The highest BCUT2D eigenvalue weighted by atomic mass is 16.5. The molecule has 0 saturated heterocycles. The molecule has 3 aromatic carbocycles. The topological polar surface area (TPSA) is 97.7 Å². The molecule has 0 bridgehead atoms. The lowest BCUT2D eigenvalue weighted by Gasteiger charge is -2.20. The number of hydrogen-bond acceptors (Lipinski definition) is 5. The number of amides is 1. The Morgan fingerprint density at radius 3 is 2.45 bits per heavy atom. The number of nitrogens with one attached hydrogen (secondary N) is 2. The monoisotopic (exact) mass is 584 g/mol. The number of nitrogens with zero attached hydrogens (tertiary/aromatic N) is 4. The Morgan fingerprint density at radius 2 is 1.66 bits per heavy atom. The molecule has 6 rings (SSSR count). The summed E-state index contributed by atoms with van der Waals surface area (Å²) in [6, 6.07) is 30.2. The van der Waals surface area contributed by atoms with Gasteiger partial charge in [-0.25, -0.2) is 0 Å². The summed E-state index contributed by atoms with van der Waals surface area (Å²) in [4.78, 5) is 21.0. The van der Waals surface area contributed by atoms with Crippen molar-refractivity contribution < 1.29 is 9.53 Å². The highest BCUT2D eigenvalue weighted by Gasteiger charge is 2.25. The Morgan fingerprint density at radius 1 is 0.864 bits per heavy atom. The first-order valence-corrected chi connectivity index (χ1v) is 15.0. The number of H-pyrrole nitrogens is 1. The van der Waals surface area contributed by atoms with Gasteiger partial charge in [-0.2, -0.15) is 0 Å². The Hall–Kier alpha value is -5.24. The number of aryl methyl sites for hydroxylation is 3. The van der Waals surface area contributed by atoms with Gasteiger partial charge in [-0.3, -0.25) is 9.78 Å². The summed E-state index contributed by atoms with van der Waals surface area (Å²) in [7, 11) is 1.67. The summed E-state index contributed by atoms with van der Waals surface area (Å²) in [6.45, 7) is 0.576. The highest BCUT2D eigenvalue weighted by Crippen LogP contribution is 2.26. The van der Waals surface area contributed by atoms with Gasteiger partial charge in [-0.15, -0.1) is 10.2 Å². The van der Waals surface area contributed by atoms with Gasteiger partial charge < -0.3 is 19.6 Å². The molecule has 0 spiro atoms. The van der Waals surface area contributed by atoms with Crippen LogP contribution >= 0.6 is 0 Å². The molecule has 8 heteroatoms. The molecule has 8 nitrogen and oxygen atoms in total. The number of rotatable bonds is 13. The van der Waals surface area contributed by atoms with Gasteiger partial charge in [0, 0.05) is 48.8 Å². The summed E-state index contributed by atoms with van der Waals surface area (Å²) < 4.78 is 7.56. The minimum absolute atomic E-state index is 0.0384. The van der Waals surface area contributed by atoms with E-state index in [9.17, 15) is 4.79 Å². The fraction of sp³-hybridized carbons (Fsp3) is 0.222. The summed E-state index contributed by atoms with van der Waals surface area (Å²) in [5.74, 6) is 2.39. The Labute approximate surface area is 257 Å². The lowest BCUT2D eigenvalue weighted by molar-refractivity contribution is -0.121. The summed E-state index contributed by atoms with van der Waals surface area (Å²) in [6.07, 6.45) is 8.67. The normalized spacial score (nSPS) is 11.8. The second kappa shape index (κ2) is 13.8. The minimum Gasteiger partial charge on any atom is -0.497 e. The molecule has 0 saturated carbocycles. The standard InChI is InChI=1S/C36H36N6O2/c1-44-30-17-13-28(14-18-30)25-42-34(19-15-26-8-3-2-4-9-26)40-41-36(42)33(22-29-24-38-32-12-6-5-11-31(29)32)39-35(43)20-16-27-10-7-21-37-23-27/h2-14,17-18,21,23-24,33,38H,15-16,19-20,22,25H2,1H3,(H,39,43)/t33-/m1/s1. The number of pyridine rings is 1. The number of carbonyl (C=O) groups excluding carboxylic acids is 1. The number of para-hydroxylation sites is 1. The van der Waals surface area contributed by atoms with Crippen LogP contribution in [0.4, 0.5) is 0 Å². The van der Waals surface area contributed by atoms with Crippen LogP contribution in [0.25, 0.3) is 10.9 Å². The fourth-order valence-corrected chi connectivity index (χ4v) is 5.58. The van der Waals surface area contributed by atoms with Gasteiger partial charge in [0.15, 0.2) is 5.82 Å². The molecule has 3 heterocycles. The van der Waals surface area contributed by atoms with Gasteiger partial charge in [-0.1, -0.05) is 66.7 Å². The summed E-state index contributed by atoms with van der Waals surface area (Å²) in [5.41, 5.74) is 5.55. The maximum atomic E-state index is 13.4. The SMILES string of the molecule is COc1ccc(Cn2c(CCc3ccccc3)nnc2[C@@H](Cc2c[nH]c3ccccc23)NC(=O)CCc2cccnc2)cc1. The van der Waals surface area contributed by atoms with Crippen LogP contribution in [0.1, 0.15) is 46.4 Å². The first-order valence-electron chi connectivity index (χ1n) is 15.0. The van der Waals surface area contributed by atoms with Crippen molar-refractivity contribution in [3.63, 3.8) is 0 Å². The van der Waals surface area contributed by atoms with E-state index < -0.39 is 0 Å². The van der Waals surface area contributed by atoms with Crippen molar-refractivity contribution in [2.24, 2.45) is 0 Å². The molecule has 3 aromatic heterocycles. The number of ether oxygens (including phenoxy) is 1. The molecule has 0 aliphatic heterocycles. The average Bonchev–Trinajstić information content (AvgIpc) is 3.67. The zero-order valence-corrected chi connectivity index (χ0v) is 24.8. The smallest absolute Gasteiger partial charge is 0.220 e. The van der Waals surface area contributed by atoms with E-state index in [2.05, 4.69) is 68.4 Å². The molecular formula is C36H36N6O2. The number of fused-ring (bicyclic) bond motifs is 1. The van der Waals surface area contributed by atoms with Crippen LogP contribution in [0.3, 0.4) is 0 Å². The lowest BCUT2D eigenvalue weighted by atomic mass is 10.0. The van der Waals surface area contributed by atoms with E-state index in [1.807, 2.05) is 48.7 Å². The van der Waals surface area contributed by atoms with Gasteiger partial charge in [0.25, 0.3) is 0 Å². The number of hydrogen-bond donors (Lipinski definition) is 2. The zero-order valence-electron chi connectivity index (χ0n) is 24.8. The van der Waals surface area contributed by atoms with E-state index in [1.165, 1.54) is 5.56 Å². The van der Waals surface area contributed by atoms with Crippen molar-refractivity contribution in [1.29, 1.82) is 0 Å². The second-order valence-electron chi connectivity index (χ2n) is 10.9. The van der Waals surface area contributed by atoms with Crippen molar-refractivity contribution >= 4 is 16.8 Å². The van der Waals surface area contributed by atoms with E-state index >= 15 is 0 Å². The highest BCUT2D eigenvalue weighted by molar-refractivity contribution is 5.83. The van der Waals surface area contributed by atoms with Crippen LogP contribution in [-0.4, -0.2) is 37.7 Å². The van der Waals surface area contributed by atoms with Crippen LogP contribution in [0.2, 0.25) is 0 Å². The molecule has 222 valence electrons. The third-order valence-electron chi connectivity index (χ3n) is 7.95. The van der Waals surface area contributed by atoms with Gasteiger partial charge in [0.1, 0.15) is 11.6 Å². The van der Waals surface area contributed by atoms with Crippen molar-refractivity contribution in [3.05, 3.63) is 143 Å². The summed E-state index contributed by atoms with van der Waals surface area (Å²) in [5, 5.41) is 13.9. The lowest BCUT2D eigenvalue weighted by Crippen LogP contribution is -2.32. The minimum atomic E-state index is -0.383. The third kappa shape index (κ3) is 7.03. The molecule has 2 N–H and O–H groups in total. The van der Waals surface area contributed by atoms with Crippen LogP contribution < -0.4 is 10.1 Å². The molecule has 0 aliphatic rings. The molecule has 0 fully saturated rings. The van der Waals surface area contributed by atoms with Gasteiger partial charge in [-0.05, 0) is 59.4 Å². The number of methoxy groups -OCH3 is 1. The van der Waals surface area contributed by atoms with Gasteiger partial charge >= 0.3 is 0 Å². The predicted octanol–water partition coefficient (Wildman–Crippen LogP) is 6.03. The quantitative estimate of drug-likeness (QED) is 0.173. The average molecular weight is 585 g/mol. The molecule has 0 aliphatic carbocycles. The first-order chi connectivity index (χ1) is 21.7. The number of aromatic amines is 1. The summed E-state index contributed by atoms with van der Waals surface area (Å²) >= 11 is 0. The Bertz CT molecular complexity index is 1800. The second-order valence-corrected chi connectivity index (χ2v) is 10.9. The molecule has 0 unspecified atom stereocenters. The zero-order chi connectivity index (χ0) is 30.1. The van der Waals surface area contributed by atoms with Crippen LogP contribution in [-0.2, 0) is 37.0 Å². The fourth-order valence-electron chi connectivity index (χ4n) is 5.58. The molecule has 1 atom stereocenters. The largest absolute Gasteiger partial charge is 0.497 e. The van der Waals surface area contributed by atoms with Crippen LogP contribution in [0.5, 0.6) is 5.75 Å². The van der Waals surface area contributed by atoms with Crippen molar-refractivity contribution in [3.8, 4) is 5.75 Å². The van der Waals surface area contributed by atoms with E-state index in [1.54, 1.807) is 19.5 Å². The molecule has 1 amide bonds. The Kier molecular flexibility index (Phi) is 9.07. The van der Waals surface area contributed by atoms with Gasteiger partial charge in [0.2, 0.25) is 5.91 Å². The van der Waals surface area contributed by atoms with E-state index in [4.69, 9.17) is 14.9 Å². The molecule has 6 aromatic rings. The molecule has 0 radical (unpaired) electrons. The van der Waals surface area contributed by atoms with Crippen LogP contribution in [0.15, 0.2) is 110 Å². The number of carbonyl (C=O) groups is 1. The first kappa shape index (κ1) is 28.9. The number of aromatic nitrogens is 5. The molecular weight excluding hydrogens is 548 g/mol.